The SMILES string of the molecule is CC(=O)OC=C[C@@]1(O)[C@H](CF)C[C@H]2[C@@H]3C=C(F)C4=C=CCC[C@]4(C)[C@H]3C=C[C@@]21C. The zero-order valence-corrected chi connectivity index (χ0v) is 17.1. The van der Waals surface area contributed by atoms with Crippen molar-refractivity contribution < 1.29 is 23.4 Å². The number of alkyl halides is 1. The Labute approximate surface area is 170 Å². The van der Waals surface area contributed by atoms with Crippen molar-refractivity contribution in [2.45, 2.75) is 45.6 Å². The van der Waals surface area contributed by atoms with Crippen molar-refractivity contribution in [1.82, 2.24) is 0 Å². The monoisotopic (exact) mass is 402 g/mol. The van der Waals surface area contributed by atoms with Gasteiger partial charge in [0.25, 0.3) is 0 Å². The Morgan fingerprint density at radius 2 is 2.21 bits per heavy atom. The first-order valence-electron chi connectivity index (χ1n) is 10.3. The van der Waals surface area contributed by atoms with E-state index in [9.17, 15) is 14.3 Å². The van der Waals surface area contributed by atoms with Crippen LogP contribution in [0.5, 0.6) is 0 Å². The molecule has 0 bridgehead atoms. The highest BCUT2D eigenvalue weighted by Gasteiger charge is 2.65. The maximum atomic E-state index is 15.1. The number of hydrogen-bond donors (Lipinski definition) is 1. The minimum atomic E-state index is -1.52. The molecule has 0 saturated heterocycles. The second-order valence-corrected chi connectivity index (χ2v) is 9.37. The third-order valence-electron chi connectivity index (χ3n) is 8.00. The van der Waals surface area contributed by atoms with Crippen molar-refractivity contribution in [3.63, 3.8) is 0 Å². The number of esters is 1. The lowest BCUT2D eigenvalue weighted by molar-refractivity contribution is -0.135. The van der Waals surface area contributed by atoms with Gasteiger partial charge in [0.2, 0.25) is 0 Å². The van der Waals surface area contributed by atoms with Crippen LogP contribution >= 0.6 is 0 Å². The fourth-order valence-electron chi connectivity index (χ4n) is 6.31. The summed E-state index contributed by atoms with van der Waals surface area (Å²) in [5.41, 5.74) is 1.10. The smallest absolute Gasteiger partial charge is 0.307 e. The Balaban J connectivity index is 1.79. The molecule has 0 unspecified atom stereocenters. The van der Waals surface area contributed by atoms with E-state index in [1.54, 1.807) is 6.08 Å². The quantitative estimate of drug-likeness (QED) is 0.314. The summed E-state index contributed by atoms with van der Waals surface area (Å²) in [5, 5.41) is 11.6. The van der Waals surface area contributed by atoms with E-state index >= 15 is 4.39 Å². The van der Waals surface area contributed by atoms with E-state index in [4.69, 9.17) is 4.74 Å². The van der Waals surface area contributed by atoms with Gasteiger partial charge in [-0.05, 0) is 55.2 Å². The lowest BCUT2D eigenvalue weighted by Gasteiger charge is -2.53. The van der Waals surface area contributed by atoms with Crippen LogP contribution in [-0.4, -0.2) is 23.4 Å². The molecule has 29 heavy (non-hydrogen) atoms. The summed E-state index contributed by atoms with van der Waals surface area (Å²) in [4.78, 5) is 11.1. The van der Waals surface area contributed by atoms with Crippen LogP contribution in [0, 0.1) is 34.5 Å². The third kappa shape index (κ3) is 2.74. The van der Waals surface area contributed by atoms with Gasteiger partial charge in [-0.15, -0.1) is 5.73 Å². The molecule has 1 fully saturated rings. The minimum absolute atomic E-state index is 0.0799. The highest BCUT2D eigenvalue weighted by Crippen LogP contribution is 2.66. The average molecular weight is 402 g/mol. The first-order chi connectivity index (χ1) is 13.7. The Hall–Kier alpha value is -1.97. The lowest BCUT2D eigenvalue weighted by Crippen LogP contribution is -2.52. The van der Waals surface area contributed by atoms with Crippen molar-refractivity contribution in [1.29, 1.82) is 0 Å². The van der Waals surface area contributed by atoms with Crippen molar-refractivity contribution in [3.8, 4) is 0 Å². The van der Waals surface area contributed by atoms with E-state index in [1.165, 1.54) is 13.0 Å². The number of carbonyl (C=O) groups is 1. The summed E-state index contributed by atoms with van der Waals surface area (Å²) in [5.74, 6) is -1.58. The molecule has 5 heteroatoms. The van der Waals surface area contributed by atoms with Crippen molar-refractivity contribution in [3.05, 3.63) is 53.8 Å². The normalized spacial score (nSPS) is 45.3. The van der Waals surface area contributed by atoms with Crippen molar-refractivity contribution in [2.24, 2.45) is 34.5 Å². The summed E-state index contributed by atoms with van der Waals surface area (Å²) in [6.07, 6.45) is 12.3. The Kier molecular flexibility index (Phi) is 4.75. The zero-order valence-electron chi connectivity index (χ0n) is 17.1. The van der Waals surface area contributed by atoms with E-state index in [1.807, 2.05) is 19.1 Å². The second kappa shape index (κ2) is 6.78. The van der Waals surface area contributed by atoms with Crippen LogP contribution in [0.1, 0.15) is 40.0 Å². The largest absolute Gasteiger partial charge is 0.435 e. The van der Waals surface area contributed by atoms with Crippen LogP contribution in [-0.2, 0) is 9.53 Å². The molecule has 7 atom stereocenters. The minimum Gasteiger partial charge on any atom is -0.435 e. The van der Waals surface area contributed by atoms with Gasteiger partial charge >= 0.3 is 5.97 Å². The fourth-order valence-corrected chi connectivity index (χ4v) is 6.31. The van der Waals surface area contributed by atoms with Crippen molar-refractivity contribution in [2.75, 3.05) is 6.67 Å². The number of aliphatic hydroxyl groups is 1. The molecular formula is C24H28F2O3. The predicted octanol–water partition coefficient (Wildman–Crippen LogP) is 4.96. The summed E-state index contributed by atoms with van der Waals surface area (Å²) in [7, 11) is 0. The first-order valence-corrected chi connectivity index (χ1v) is 10.3. The number of halogens is 2. The van der Waals surface area contributed by atoms with Crippen LogP contribution in [0.4, 0.5) is 8.78 Å². The standard InChI is InChI=1S/C24H28F2O3/c1-15(27)29-11-10-24(28)16(14-25)12-20-17-13-21(26)19-6-4-5-8-22(19,2)18(17)7-9-23(20,24)3/h4,7,9-11,13,16-18,20,28H,5,8,12,14H2,1-3H3/t16-,17+,18-,20-,22+,23-,24+/m0/s1. The number of allylic oxidation sites excluding steroid dienone is 4. The average Bonchev–Trinajstić information content (AvgIpc) is 2.89. The maximum absolute atomic E-state index is 15.1. The molecule has 0 amide bonds. The van der Waals surface area contributed by atoms with E-state index in [2.05, 4.69) is 18.7 Å². The van der Waals surface area contributed by atoms with Crippen molar-refractivity contribution >= 4 is 5.97 Å². The molecule has 1 N–H and O–H groups in total. The molecule has 4 aliphatic carbocycles. The van der Waals surface area contributed by atoms with E-state index in [0.29, 0.717) is 12.0 Å². The molecule has 3 nitrogen and oxygen atoms in total. The van der Waals surface area contributed by atoms with Gasteiger partial charge < -0.3 is 9.84 Å². The highest BCUT2D eigenvalue weighted by molar-refractivity contribution is 5.66. The number of rotatable bonds is 3. The molecule has 0 heterocycles. The van der Waals surface area contributed by atoms with Gasteiger partial charge in [0, 0.05) is 29.2 Å². The zero-order chi connectivity index (χ0) is 21.0. The van der Waals surface area contributed by atoms with Gasteiger partial charge in [-0.2, -0.15) is 0 Å². The predicted molar refractivity (Wildman–Crippen MR) is 106 cm³/mol. The summed E-state index contributed by atoms with van der Waals surface area (Å²) >= 11 is 0. The molecule has 4 rings (SSSR count). The Bertz CT molecular complexity index is 881. The summed E-state index contributed by atoms with van der Waals surface area (Å²) in [6.45, 7) is 4.56. The maximum Gasteiger partial charge on any atom is 0.307 e. The fraction of sp³-hybridized carbons (Fsp3) is 0.583. The summed E-state index contributed by atoms with van der Waals surface area (Å²) < 4.78 is 34.0. The van der Waals surface area contributed by atoms with Gasteiger partial charge in [0.15, 0.2) is 0 Å². The second-order valence-electron chi connectivity index (χ2n) is 9.37. The van der Waals surface area contributed by atoms with E-state index in [0.717, 1.165) is 19.1 Å². The third-order valence-corrected chi connectivity index (χ3v) is 8.00. The molecule has 0 aromatic rings. The summed E-state index contributed by atoms with van der Waals surface area (Å²) in [6, 6.07) is 0. The van der Waals surface area contributed by atoms with Gasteiger partial charge in [-0.3, -0.25) is 9.18 Å². The van der Waals surface area contributed by atoms with Gasteiger partial charge in [-0.1, -0.05) is 26.0 Å². The molecule has 0 aromatic heterocycles. The van der Waals surface area contributed by atoms with Crippen LogP contribution in [0.15, 0.2) is 53.8 Å². The van der Waals surface area contributed by atoms with Gasteiger partial charge in [-0.25, -0.2) is 4.39 Å². The van der Waals surface area contributed by atoms with Crippen LogP contribution < -0.4 is 0 Å². The molecular weight excluding hydrogens is 374 g/mol. The molecule has 156 valence electrons. The lowest BCUT2D eigenvalue weighted by atomic mass is 9.51. The number of hydrogen-bond acceptors (Lipinski definition) is 3. The molecule has 4 aliphatic rings. The molecule has 1 saturated carbocycles. The first kappa shape index (κ1) is 20.3. The topological polar surface area (TPSA) is 46.5 Å². The number of fused-ring (bicyclic) bond motifs is 5. The van der Waals surface area contributed by atoms with Gasteiger partial charge in [0.05, 0.1) is 12.9 Å². The van der Waals surface area contributed by atoms with Gasteiger partial charge in [0.1, 0.15) is 11.4 Å². The molecule has 0 aliphatic heterocycles. The van der Waals surface area contributed by atoms with Crippen LogP contribution in [0.2, 0.25) is 0 Å². The molecule has 0 aromatic carbocycles. The molecule has 0 spiro atoms. The molecule has 0 radical (unpaired) electrons. The van der Waals surface area contributed by atoms with Crippen LogP contribution in [0.3, 0.4) is 0 Å². The van der Waals surface area contributed by atoms with E-state index in [-0.39, 0.29) is 29.0 Å². The van der Waals surface area contributed by atoms with Crippen LogP contribution in [0.25, 0.3) is 0 Å². The Morgan fingerprint density at radius 1 is 1.45 bits per heavy atom. The number of carbonyl (C=O) groups excluding carboxylic acids is 1. The Morgan fingerprint density at radius 3 is 2.90 bits per heavy atom. The van der Waals surface area contributed by atoms with E-state index < -0.39 is 29.6 Å². The highest BCUT2D eigenvalue weighted by atomic mass is 19.1. The number of ether oxygens (including phenoxy) is 1.